The third kappa shape index (κ3) is 4.09. The molecule has 1 unspecified atom stereocenters. The van der Waals surface area contributed by atoms with Crippen molar-refractivity contribution in [2.45, 2.75) is 39.2 Å². The number of imidazole rings is 1. The lowest BCUT2D eigenvalue weighted by atomic mass is 10.2. The van der Waals surface area contributed by atoms with Gasteiger partial charge in [0.25, 0.3) is 0 Å². The highest BCUT2D eigenvalue weighted by Gasteiger charge is 2.18. The minimum atomic E-state index is -0.887. The molecule has 1 heterocycles. The van der Waals surface area contributed by atoms with Gasteiger partial charge in [-0.05, 0) is 5.92 Å². The van der Waals surface area contributed by atoms with Crippen molar-refractivity contribution in [1.82, 2.24) is 4.57 Å². The van der Waals surface area contributed by atoms with Crippen LogP contribution in [0.15, 0.2) is 18.7 Å². The number of nitrogens with zero attached hydrogens (tertiary/aromatic N) is 2. The average Bonchev–Trinajstić information content (AvgIpc) is 2.30. The number of aromatic nitrogens is 2. The Morgan fingerprint density at radius 2 is 2.00 bits per heavy atom. The molecule has 2 nitrogen and oxygen atoms in total. The van der Waals surface area contributed by atoms with Gasteiger partial charge in [-0.2, -0.15) is 0 Å². The second-order valence-corrected chi connectivity index (χ2v) is 11.2. The van der Waals surface area contributed by atoms with E-state index in [0.29, 0.717) is 0 Å². The SMILES string of the molecule is CC(Cn1cc[n+](C)c1)C[Si](C)(C)C. The summed E-state index contributed by atoms with van der Waals surface area (Å²) in [5, 5.41) is 0. The van der Waals surface area contributed by atoms with Gasteiger partial charge in [-0.25, -0.2) is 9.13 Å². The Morgan fingerprint density at radius 3 is 2.43 bits per heavy atom. The fraction of sp³-hybridized carbons (Fsp3) is 0.727. The Kier molecular flexibility index (Phi) is 3.53. The van der Waals surface area contributed by atoms with Crippen LogP contribution in [0, 0.1) is 5.92 Å². The van der Waals surface area contributed by atoms with Gasteiger partial charge in [-0.3, -0.25) is 0 Å². The highest BCUT2D eigenvalue weighted by atomic mass is 28.3. The van der Waals surface area contributed by atoms with E-state index < -0.39 is 8.07 Å². The van der Waals surface area contributed by atoms with Crippen LogP contribution in [-0.2, 0) is 13.6 Å². The van der Waals surface area contributed by atoms with Gasteiger partial charge in [0.15, 0.2) is 0 Å². The molecule has 0 spiro atoms. The Hall–Kier alpha value is -0.573. The quantitative estimate of drug-likeness (QED) is 0.534. The van der Waals surface area contributed by atoms with Crippen LogP contribution in [0.5, 0.6) is 0 Å². The van der Waals surface area contributed by atoms with Crippen molar-refractivity contribution >= 4 is 8.07 Å². The van der Waals surface area contributed by atoms with E-state index >= 15 is 0 Å². The van der Waals surface area contributed by atoms with Crippen LogP contribution >= 0.6 is 0 Å². The third-order valence-corrected chi connectivity index (χ3v) is 4.23. The Balaban J connectivity index is 2.45. The van der Waals surface area contributed by atoms with E-state index in [9.17, 15) is 0 Å². The molecule has 1 aromatic rings. The first-order valence-corrected chi connectivity index (χ1v) is 9.08. The zero-order valence-electron chi connectivity index (χ0n) is 10.1. The zero-order valence-corrected chi connectivity index (χ0v) is 11.1. The molecule has 14 heavy (non-hydrogen) atoms. The van der Waals surface area contributed by atoms with E-state index in [2.05, 4.69) is 61.5 Å². The summed E-state index contributed by atoms with van der Waals surface area (Å²) in [6, 6.07) is 1.41. The number of hydrogen-bond acceptors (Lipinski definition) is 0. The van der Waals surface area contributed by atoms with Crippen LogP contribution in [0.4, 0.5) is 0 Å². The molecular formula is C11H23N2Si+. The Bertz CT molecular complexity index is 286. The van der Waals surface area contributed by atoms with Crippen molar-refractivity contribution in [3.05, 3.63) is 18.7 Å². The van der Waals surface area contributed by atoms with Crippen molar-refractivity contribution in [3.63, 3.8) is 0 Å². The normalized spacial score (nSPS) is 14.4. The zero-order chi connectivity index (χ0) is 10.8. The maximum Gasteiger partial charge on any atom is 0.243 e. The minimum Gasteiger partial charge on any atom is -0.240 e. The molecule has 3 heteroatoms. The molecular weight excluding hydrogens is 188 g/mol. The molecule has 0 radical (unpaired) electrons. The van der Waals surface area contributed by atoms with Crippen molar-refractivity contribution in [2.75, 3.05) is 0 Å². The van der Waals surface area contributed by atoms with E-state index in [0.717, 1.165) is 12.5 Å². The third-order valence-electron chi connectivity index (χ3n) is 2.31. The Labute approximate surface area is 88.6 Å². The van der Waals surface area contributed by atoms with Crippen LogP contribution in [-0.4, -0.2) is 12.6 Å². The van der Waals surface area contributed by atoms with Crippen LogP contribution < -0.4 is 4.57 Å². The Morgan fingerprint density at radius 1 is 1.36 bits per heavy atom. The van der Waals surface area contributed by atoms with Gasteiger partial charge in [-0.15, -0.1) is 0 Å². The first-order chi connectivity index (χ1) is 6.37. The molecule has 0 bridgehead atoms. The van der Waals surface area contributed by atoms with E-state index in [-0.39, 0.29) is 0 Å². The molecule has 1 rings (SSSR count). The molecule has 1 atom stereocenters. The summed E-state index contributed by atoms with van der Waals surface area (Å²) in [6.07, 6.45) is 6.41. The fourth-order valence-corrected chi connectivity index (χ4v) is 4.30. The van der Waals surface area contributed by atoms with Gasteiger partial charge in [0.2, 0.25) is 6.33 Å². The smallest absolute Gasteiger partial charge is 0.240 e. The monoisotopic (exact) mass is 211 g/mol. The van der Waals surface area contributed by atoms with Gasteiger partial charge >= 0.3 is 0 Å². The molecule has 0 N–H and O–H groups in total. The van der Waals surface area contributed by atoms with E-state index in [1.54, 1.807) is 0 Å². The van der Waals surface area contributed by atoms with E-state index in [1.807, 2.05) is 0 Å². The van der Waals surface area contributed by atoms with Crippen molar-refractivity contribution in [3.8, 4) is 0 Å². The number of hydrogen-bond donors (Lipinski definition) is 0. The maximum atomic E-state index is 2.44. The van der Waals surface area contributed by atoms with Crippen molar-refractivity contribution < 1.29 is 4.57 Å². The number of aryl methyl sites for hydroxylation is 1. The summed E-state index contributed by atoms with van der Waals surface area (Å²) in [6.45, 7) is 10.8. The first kappa shape index (κ1) is 11.5. The molecule has 0 aliphatic carbocycles. The fourth-order valence-electron chi connectivity index (χ4n) is 2.08. The molecule has 0 saturated heterocycles. The first-order valence-electron chi connectivity index (χ1n) is 5.38. The highest BCUT2D eigenvalue weighted by Crippen LogP contribution is 2.17. The lowest BCUT2D eigenvalue weighted by molar-refractivity contribution is -0.671. The predicted octanol–water partition coefficient (Wildman–Crippen LogP) is 2.29. The molecule has 1 aromatic heterocycles. The van der Waals surface area contributed by atoms with Crippen LogP contribution in [0.1, 0.15) is 6.92 Å². The van der Waals surface area contributed by atoms with E-state index in [4.69, 9.17) is 0 Å². The lowest BCUT2D eigenvalue weighted by Crippen LogP contribution is -2.26. The van der Waals surface area contributed by atoms with Crippen LogP contribution in [0.3, 0.4) is 0 Å². The van der Waals surface area contributed by atoms with Crippen LogP contribution in [0.25, 0.3) is 0 Å². The van der Waals surface area contributed by atoms with Crippen molar-refractivity contribution in [2.24, 2.45) is 13.0 Å². The lowest BCUT2D eigenvalue weighted by Gasteiger charge is -2.19. The predicted molar refractivity (Wildman–Crippen MR) is 62.9 cm³/mol. The topological polar surface area (TPSA) is 8.81 Å². The van der Waals surface area contributed by atoms with Gasteiger partial charge in [0.1, 0.15) is 12.4 Å². The molecule has 0 saturated carbocycles. The molecule has 80 valence electrons. The van der Waals surface area contributed by atoms with Gasteiger partial charge in [-0.1, -0.05) is 32.6 Å². The highest BCUT2D eigenvalue weighted by molar-refractivity contribution is 6.76. The summed E-state index contributed by atoms with van der Waals surface area (Å²) in [5.74, 6) is 0.800. The van der Waals surface area contributed by atoms with E-state index in [1.165, 1.54) is 6.04 Å². The second kappa shape index (κ2) is 4.30. The molecule has 0 aliphatic heterocycles. The largest absolute Gasteiger partial charge is 0.243 e. The molecule has 0 aliphatic rings. The average molecular weight is 211 g/mol. The van der Waals surface area contributed by atoms with Gasteiger partial charge in [0.05, 0.1) is 13.6 Å². The summed E-state index contributed by atoms with van der Waals surface area (Å²) in [4.78, 5) is 0. The summed E-state index contributed by atoms with van der Waals surface area (Å²) in [7, 11) is 1.18. The van der Waals surface area contributed by atoms with Gasteiger partial charge < -0.3 is 0 Å². The minimum absolute atomic E-state index is 0.800. The number of rotatable bonds is 4. The van der Waals surface area contributed by atoms with Gasteiger partial charge in [0, 0.05) is 8.07 Å². The maximum absolute atomic E-state index is 2.44. The van der Waals surface area contributed by atoms with Crippen LogP contribution in [0.2, 0.25) is 25.7 Å². The summed E-state index contributed by atoms with van der Waals surface area (Å²) in [5.41, 5.74) is 0. The summed E-state index contributed by atoms with van der Waals surface area (Å²) < 4.78 is 4.38. The van der Waals surface area contributed by atoms with Crippen molar-refractivity contribution in [1.29, 1.82) is 0 Å². The summed E-state index contributed by atoms with van der Waals surface area (Å²) >= 11 is 0. The standard InChI is InChI=1S/C11H23N2Si/c1-11(9-14(3,4)5)8-13-7-6-12(2)10-13/h6-7,10-11H,8-9H2,1-5H3/q+1. The molecule has 0 aromatic carbocycles. The molecule has 0 amide bonds. The second-order valence-electron chi connectivity index (χ2n) is 5.65. The molecule has 0 fully saturated rings.